The second-order valence-electron chi connectivity index (χ2n) is 6.62. The molecule has 0 aliphatic carbocycles. The van der Waals surface area contributed by atoms with Crippen LogP contribution in [0, 0.1) is 17.8 Å². The zero-order valence-electron chi connectivity index (χ0n) is 13.3. The van der Waals surface area contributed by atoms with Crippen LogP contribution < -0.4 is 5.32 Å². The smallest absolute Gasteiger partial charge is 0.326 e. The van der Waals surface area contributed by atoms with Crippen molar-refractivity contribution < 1.29 is 19.5 Å². The van der Waals surface area contributed by atoms with E-state index < -0.39 is 17.9 Å². The average Bonchev–Trinajstić information content (AvgIpc) is 2.68. The van der Waals surface area contributed by atoms with Gasteiger partial charge in [0.2, 0.25) is 11.8 Å². The maximum absolute atomic E-state index is 12.2. The van der Waals surface area contributed by atoms with E-state index in [1.807, 2.05) is 27.7 Å². The molecule has 1 fully saturated rings. The summed E-state index contributed by atoms with van der Waals surface area (Å²) in [7, 11) is 0. The molecule has 0 aromatic heterocycles. The molecule has 21 heavy (non-hydrogen) atoms. The molecule has 0 saturated carbocycles. The van der Waals surface area contributed by atoms with Crippen molar-refractivity contribution in [3.8, 4) is 0 Å². The van der Waals surface area contributed by atoms with Crippen molar-refractivity contribution in [3.05, 3.63) is 0 Å². The molecule has 6 heteroatoms. The molecular weight excluding hydrogens is 272 g/mol. The minimum absolute atomic E-state index is 0.0282. The minimum Gasteiger partial charge on any atom is -0.480 e. The van der Waals surface area contributed by atoms with Crippen LogP contribution in [0.15, 0.2) is 0 Å². The molecule has 1 saturated heterocycles. The molecule has 6 nitrogen and oxygen atoms in total. The summed E-state index contributed by atoms with van der Waals surface area (Å²) in [6.07, 6.45) is 0.560. The third-order valence-corrected chi connectivity index (χ3v) is 3.49. The Morgan fingerprint density at radius 1 is 1.29 bits per heavy atom. The van der Waals surface area contributed by atoms with Gasteiger partial charge in [0, 0.05) is 19.5 Å². The Balaban J connectivity index is 2.59. The SMILES string of the molecule is CC(C)C[C@H](NC(=O)C1CC(=O)N(CC(C)C)C1)C(=O)O. The topological polar surface area (TPSA) is 86.7 Å². The van der Waals surface area contributed by atoms with Gasteiger partial charge in [0.15, 0.2) is 0 Å². The summed E-state index contributed by atoms with van der Waals surface area (Å²) < 4.78 is 0. The van der Waals surface area contributed by atoms with Crippen molar-refractivity contribution in [2.75, 3.05) is 13.1 Å². The molecule has 0 bridgehead atoms. The number of nitrogens with zero attached hydrogens (tertiary/aromatic N) is 1. The molecule has 1 heterocycles. The standard InChI is InChI=1S/C15H26N2O4/c1-9(2)5-12(15(20)21)16-14(19)11-6-13(18)17(8-11)7-10(3)4/h9-12H,5-8H2,1-4H3,(H,16,19)(H,20,21)/t11?,12-/m0/s1. The molecule has 1 rings (SSSR count). The summed E-state index contributed by atoms with van der Waals surface area (Å²) in [4.78, 5) is 36.9. The van der Waals surface area contributed by atoms with Crippen LogP contribution in [0.25, 0.3) is 0 Å². The average molecular weight is 298 g/mol. The van der Waals surface area contributed by atoms with Crippen molar-refractivity contribution in [1.82, 2.24) is 10.2 Å². The number of carbonyl (C=O) groups is 3. The lowest BCUT2D eigenvalue weighted by Gasteiger charge is -2.20. The Morgan fingerprint density at radius 2 is 1.90 bits per heavy atom. The van der Waals surface area contributed by atoms with E-state index in [0.717, 1.165) is 0 Å². The highest BCUT2D eigenvalue weighted by atomic mass is 16.4. The summed E-state index contributed by atoms with van der Waals surface area (Å²) in [5, 5.41) is 11.7. The van der Waals surface area contributed by atoms with E-state index in [9.17, 15) is 14.4 Å². The fraction of sp³-hybridized carbons (Fsp3) is 0.800. The lowest BCUT2D eigenvalue weighted by atomic mass is 10.0. The second kappa shape index (κ2) is 7.43. The Bertz CT molecular complexity index is 406. The van der Waals surface area contributed by atoms with Gasteiger partial charge in [0.1, 0.15) is 6.04 Å². The first kappa shape index (κ1) is 17.5. The van der Waals surface area contributed by atoms with Crippen LogP contribution in [0.5, 0.6) is 0 Å². The molecular formula is C15H26N2O4. The van der Waals surface area contributed by atoms with E-state index in [1.165, 1.54) is 0 Å². The fourth-order valence-electron chi connectivity index (χ4n) is 2.55. The highest BCUT2D eigenvalue weighted by Gasteiger charge is 2.35. The van der Waals surface area contributed by atoms with Crippen LogP contribution in [0.1, 0.15) is 40.5 Å². The summed E-state index contributed by atoms with van der Waals surface area (Å²) in [6, 6.07) is -0.883. The number of carboxylic acids is 1. The first-order valence-corrected chi connectivity index (χ1v) is 7.51. The molecule has 0 radical (unpaired) electrons. The Hall–Kier alpha value is -1.59. The fourth-order valence-corrected chi connectivity index (χ4v) is 2.55. The van der Waals surface area contributed by atoms with Crippen molar-refractivity contribution in [1.29, 1.82) is 0 Å². The maximum atomic E-state index is 12.2. The number of nitrogens with one attached hydrogen (secondary N) is 1. The molecule has 2 amide bonds. The van der Waals surface area contributed by atoms with Crippen LogP contribution in [-0.4, -0.2) is 46.9 Å². The van der Waals surface area contributed by atoms with Crippen LogP contribution in [0.4, 0.5) is 0 Å². The summed E-state index contributed by atoms with van der Waals surface area (Å²) in [5.74, 6) is -1.30. The number of aliphatic carboxylic acids is 1. The van der Waals surface area contributed by atoms with Crippen molar-refractivity contribution in [2.45, 2.75) is 46.6 Å². The first-order valence-electron chi connectivity index (χ1n) is 7.51. The van der Waals surface area contributed by atoms with Crippen LogP contribution in [0.2, 0.25) is 0 Å². The maximum Gasteiger partial charge on any atom is 0.326 e. The van der Waals surface area contributed by atoms with Crippen molar-refractivity contribution >= 4 is 17.8 Å². The van der Waals surface area contributed by atoms with E-state index >= 15 is 0 Å². The predicted molar refractivity (Wildman–Crippen MR) is 78.5 cm³/mol. The quantitative estimate of drug-likeness (QED) is 0.737. The molecule has 2 atom stereocenters. The van der Waals surface area contributed by atoms with Gasteiger partial charge < -0.3 is 15.3 Å². The highest BCUT2D eigenvalue weighted by Crippen LogP contribution is 2.19. The number of likely N-dealkylation sites (tertiary alicyclic amines) is 1. The van der Waals surface area contributed by atoms with Gasteiger partial charge in [-0.05, 0) is 18.3 Å². The number of amides is 2. The van der Waals surface area contributed by atoms with Crippen LogP contribution in [-0.2, 0) is 14.4 Å². The lowest BCUT2D eigenvalue weighted by molar-refractivity contribution is -0.142. The van der Waals surface area contributed by atoms with Gasteiger partial charge in [-0.25, -0.2) is 4.79 Å². The van der Waals surface area contributed by atoms with Gasteiger partial charge in [0.05, 0.1) is 5.92 Å². The van der Waals surface area contributed by atoms with Gasteiger partial charge in [-0.2, -0.15) is 0 Å². The van der Waals surface area contributed by atoms with E-state index in [4.69, 9.17) is 5.11 Å². The number of carboxylic acid groups (broad SMARTS) is 1. The summed E-state index contributed by atoms with van der Waals surface area (Å²) in [5.41, 5.74) is 0. The van der Waals surface area contributed by atoms with Crippen molar-refractivity contribution in [3.63, 3.8) is 0 Å². The number of rotatable bonds is 7. The number of hydrogen-bond donors (Lipinski definition) is 2. The van der Waals surface area contributed by atoms with Gasteiger partial charge >= 0.3 is 5.97 Å². The van der Waals surface area contributed by atoms with Crippen LogP contribution in [0.3, 0.4) is 0 Å². The minimum atomic E-state index is -1.03. The van der Waals surface area contributed by atoms with E-state index in [0.29, 0.717) is 25.4 Å². The molecule has 2 N–H and O–H groups in total. The largest absolute Gasteiger partial charge is 0.480 e. The summed E-state index contributed by atoms with van der Waals surface area (Å²) in [6.45, 7) is 8.87. The van der Waals surface area contributed by atoms with E-state index in [2.05, 4.69) is 5.32 Å². The van der Waals surface area contributed by atoms with Gasteiger partial charge in [-0.1, -0.05) is 27.7 Å². The lowest BCUT2D eigenvalue weighted by Crippen LogP contribution is -2.45. The Labute approximate surface area is 125 Å². The molecule has 1 aliphatic heterocycles. The molecule has 1 unspecified atom stereocenters. The van der Waals surface area contributed by atoms with E-state index in [-0.39, 0.29) is 24.2 Å². The molecule has 0 aromatic carbocycles. The zero-order chi connectivity index (χ0) is 16.2. The molecule has 120 valence electrons. The monoisotopic (exact) mass is 298 g/mol. The molecule has 0 aromatic rings. The number of carbonyl (C=O) groups excluding carboxylic acids is 2. The third kappa shape index (κ3) is 5.36. The van der Waals surface area contributed by atoms with Gasteiger partial charge in [0.25, 0.3) is 0 Å². The Kier molecular flexibility index (Phi) is 6.18. The zero-order valence-corrected chi connectivity index (χ0v) is 13.3. The van der Waals surface area contributed by atoms with Crippen LogP contribution >= 0.6 is 0 Å². The highest BCUT2D eigenvalue weighted by molar-refractivity contribution is 5.91. The number of hydrogen-bond acceptors (Lipinski definition) is 3. The molecule has 1 aliphatic rings. The molecule has 0 spiro atoms. The Morgan fingerprint density at radius 3 is 2.38 bits per heavy atom. The normalized spacial score (nSPS) is 20.2. The summed E-state index contributed by atoms with van der Waals surface area (Å²) >= 11 is 0. The van der Waals surface area contributed by atoms with Gasteiger partial charge in [-0.3, -0.25) is 9.59 Å². The van der Waals surface area contributed by atoms with Crippen molar-refractivity contribution in [2.24, 2.45) is 17.8 Å². The second-order valence-corrected chi connectivity index (χ2v) is 6.62. The van der Waals surface area contributed by atoms with E-state index in [1.54, 1.807) is 4.90 Å². The predicted octanol–water partition coefficient (Wildman–Crippen LogP) is 1.11. The van der Waals surface area contributed by atoms with Gasteiger partial charge in [-0.15, -0.1) is 0 Å². The third-order valence-electron chi connectivity index (χ3n) is 3.49. The first-order chi connectivity index (χ1) is 9.70.